The molecule has 9 heteroatoms. The summed E-state index contributed by atoms with van der Waals surface area (Å²) in [6.45, 7) is 2.92. The summed E-state index contributed by atoms with van der Waals surface area (Å²) in [7, 11) is 1.65. The topological polar surface area (TPSA) is 94.1 Å². The van der Waals surface area contributed by atoms with E-state index in [2.05, 4.69) is 22.5 Å². The fourth-order valence-electron chi connectivity index (χ4n) is 4.47. The van der Waals surface area contributed by atoms with Crippen molar-refractivity contribution in [3.63, 3.8) is 0 Å². The molecule has 0 aromatic heterocycles. The van der Waals surface area contributed by atoms with E-state index in [0.29, 0.717) is 11.7 Å². The number of hydrogen-bond donors (Lipinski definition) is 2. The van der Waals surface area contributed by atoms with E-state index in [0.717, 1.165) is 18.5 Å². The summed E-state index contributed by atoms with van der Waals surface area (Å²) in [6, 6.07) is 8.33. The molecule has 0 radical (unpaired) electrons. The predicted molar refractivity (Wildman–Crippen MR) is 142 cm³/mol. The van der Waals surface area contributed by atoms with E-state index in [1.807, 2.05) is 35.2 Å². The van der Waals surface area contributed by atoms with E-state index < -0.39 is 18.2 Å². The molecule has 1 fully saturated rings. The highest BCUT2D eigenvalue weighted by Gasteiger charge is 2.48. The fraction of sp³-hybridized carbons (Fsp3) is 0.615. The van der Waals surface area contributed by atoms with Gasteiger partial charge in [-0.25, -0.2) is 9.79 Å². The number of aliphatic imine (C=N–C) groups is 1. The molecular formula is C26H39N5O3S. The van der Waals surface area contributed by atoms with E-state index in [-0.39, 0.29) is 17.6 Å². The molecule has 35 heavy (non-hydrogen) atoms. The van der Waals surface area contributed by atoms with Gasteiger partial charge in [-0.05, 0) is 18.6 Å². The summed E-state index contributed by atoms with van der Waals surface area (Å²) in [5, 5.41) is 5.96. The zero-order valence-electron chi connectivity index (χ0n) is 21.0. The van der Waals surface area contributed by atoms with E-state index in [1.165, 1.54) is 68.0 Å². The Balaban J connectivity index is 1.50. The Morgan fingerprint density at radius 3 is 2.29 bits per heavy atom. The number of carbonyl (C=O) groups is 3. The van der Waals surface area contributed by atoms with Crippen LogP contribution in [0, 0.1) is 0 Å². The van der Waals surface area contributed by atoms with Crippen LogP contribution in [0.25, 0.3) is 0 Å². The van der Waals surface area contributed by atoms with Crippen LogP contribution in [-0.2, 0) is 9.59 Å². The largest absolute Gasteiger partial charge is 0.336 e. The number of carbonyl (C=O) groups excluding carboxylic acids is 3. The Morgan fingerprint density at radius 2 is 1.63 bits per heavy atom. The number of fused-ring (bicyclic) bond motifs is 1. The fourth-order valence-corrected chi connectivity index (χ4v) is 5.36. The Kier molecular flexibility index (Phi) is 10.9. The average molecular weight is 502 g/mol. The molecule has 192 valence electrons. The van der Waals surface area contributed by atoms with Crippen molar-refractivity contribution in [2.45, 2.75) is 83.3 Å². The summed E-state index contributed by atoms with van der Waals surface area (Å²) in [6.07, 6.45) is 11.8. The van der Waals surface area contributed by atoms with Crippen LogP contribution in [0.4, 0.5) is 10.5 Å². The zero-order valence-corrected chi connectivity index (χ0v) is 21.8. The lowest BCUT2D eigenvalue weighted by Crippen LogP contribution is -2.63. The highest BCUT2D eigenvalue weighted by atomic mass is 32.2. The summed E-state index contributed by atoms with van der Waals surface area (Å²) in [4.78, 5) is 45.4. The number of hydrogen-bond acceptors (Lipinski definition) is 6. The molecule has 2 aliphatic rings. The van der Waals surface area contributed by atoms with Crippen molar-refractivity contribution in [3.8, 4) is 0 Å². The Bertz CT molecular complexity index is 879. The van der Waals surface area contributed by atoms with Gasteiger partial charge in [-0.2, -0.15) is 0 Å². The average Bonchev–Trinajstić information content (AvgIpc) is 3.22. The lowest BCUT2D eigenvalue weighted by Gasteiger charge is -2.36. The number of thioether (sulfide) groups is 1. The van der Waals surface area contributed by atoms with Gasteiger partial charge in [0.2, 0.25) is 5.91 Å². The highest BCUT2D eigenvalue weighted by Crippen LogP contribution is 2.29. The lowest BCUT2D eigenvalue weighted by atomic mass is 10.1. The molecule has 1 aromatic carbocycles. The van der Waals surface area contributed by atoms with Crippen molar-refractivity contribution in [1.82, 2.24) is 15.1 Å². The third-order valence-electron chi connectivity index (χ3n) is 6.46. The molecule has 0 spiro atoms. The number of benzene rings is 1. The number of likely N-dealkylation sites (N-methyl/N-ethyl adjacent to an activating group) is 1. The van der Waals surface area contributed by atoms with Gasteiger partial charge in [0.05, 0.1) is 5.75 Å². The molecule has 2 aliphatic heterocycles. The first-order valence-corrected chi connectivity index (χ1v) is 13.9. The van der Waals surface area contributed by atoms with Gasteiger partial charge in [0.25, 0.3) is 5.91 Å². The second-order valence-electron chi connectivity index (χ2n) is 9.25. The monoisotopic (exact) mass is 501 g/mol. The van der Waals surface area contributed by atoms with Crippen LogP contribution in [0.3, 0.4) is 0 Å². The zero-order chi connectivity index (χ0) is 25.0. The first-order valence-electron chi connectivity index (χ1n) is 12.9. The number of imide groups is 1. The number of nitrogens with zero attached hydrogens (tertiary/aromatic N) is 3. The maximum Gasteiger partial charge on any atom is 0.325 e. The molecule has 4 amide bonds. The van der Waals surface area contributed by atoms with E-state index >= 15 is 0 Å². The maximum atomic E-state index is 12.7. The Morgan fingerprint density at radius 1 is 1.00 bits per heavy atom. The highest BCUT2D eigenvalue weighted by molar-refractivity contribution is 8.14. The number of para-hydroxylation sites is 1. The molecule has 0 bridgehead atoms. The van der Waals surface area contributed by atoms with Crippen molar-refractivity contribution in [1.29, 1.82) is 0 Å². The third-order valence-corrected chi connectivity index (χ3v) is 7.47. The normalized spacial score (nSPS) is 19.4. The minimum Gasteiger partial charge on any atom is -0.336 e. The van der Waals surface area contributed by atoms with Gasteiger partial charge in [0, 0.05) is 19.3 Å². The number of amides is 4. The molecule has 2 N–H and O–H groups in total. The number of rotatable bonds is 14. The van der Waals surface area contributed by atoms with Crippen LogP contribution in [0.5, 0.6) is 0 Å². The van der Waals surface area contributed by atoms with Crippen molar-refractivity contribution < 1.29 is 14.4 Å². The van der Waals surface area contributed by atoms with Crippen LogP contribution in [0.15, 0.2) is 35.3 Å². The first kappa shape index (κ1) is 27.0. The number of nitrogens with one attached hydrogen (secondary N) is 2. The Labute approximate surface area is 213 Å². The molecule has 1 saturated heterocycles. The van der Waals surface area contributed by atoms with Crippen LogP contribution in [-0.4, -0.2) is 64.4 Å². The van der Waals surface area contributed by atoms with Crippen molar-refractivity contribution in [3.05, 3.63) is 30.3 Å². The van der Waals surface area contributed by atoms with Crippen LogP contribution in [0.1, 0.15) is 71.1 Å². The minimum atomic E-state index is -0.556. The number of amidine groups is 1. The van der Waals surface area contributed by atoms with Gasteiger partial charge in [0.1, 0.15) is 0 Å². The van der Waals surface area contributed by atoms with E-state index in [1.54, 1.807) is 7.05 Å². The summed E-state index contributed by atoms with van der Waals surface area (Å²) in [5.41, 5.74) is 0.743. The molecule has 0 saturated carbocycles. The summed E-state index contributed by atoms with van der Waals surface area (Å²) in [5.74, 6) is -0.272. The molecule has 2 unspecified atom stereocenters. The third kappa shape index (κ3) is 7.98. The van der Waals surface area contributed by atoms with Gasteiger partial charge < -0.3 is 15.1 Å². The molecule has 2 heterocycles. The van der Waals surface area contributed by atoms with Crippen molar-refractivity contribution in [2.24, 2.45) is 4.99 Å². The maximum absolute atomic E-state index is 12.7. The van der Waals surface area contributed by atoms with Crippen LogP contribution in [0.2, 0.25) is 0 Å². The molecule has 2 atom stereocenters. The number of anilines is 1. The van der Waals surface area contributed by atoms with Crippen molar-refractivity contribution >= 4 is 40.5 Å². The van der Waals surface area contributed by atoms with Gasteiger partial charge in [-0.15, -0.1) is 0 Å². The number of unbranched alkanes of at least 4 members (excludes halogenated alkanes) is 9. The van der Waals surface area contributed by atoms with Gasteiger partial charge in [-0.1, -0.05) is 94.7 Å². The molecule has 1 aromatic rings. The molecule has 8 nitrogen and oxygen atoms in total. The minimum absolute atomic E-state index is 0.133. The molecule has 3 rings (SSSR count). The van der Waals surface area contributed by atoms with Gasteiger partial charge >= 0.3 is 6.03 Å². The van der Waals surface area contributed by atoms with E-state index in [4.69, 9.17) is 0 Å². The van der Waals surface area contributed by atoms with Crippen LogP contribution < -0.4 is 10.6 Å². The second-order valence-corrected chi connectivity index (χ2v) is 10.2. The molecule has 0 aliphatic carbocycles. The van der Waals surface area contributed by atoms with Crippen LogP contribution >= 0.6 is 11.8 Å². The van der Waals surface area contributed by atoms with Gasteiger partial charge in [-0.3, -0.25) is 14.9 Å². The smallest absolute Gasteiger partial charge is 0.325 e. The van der Waals surface area contributed by atoms with E-state index in [9.17, 15) is 14.4 Å². The summed E-state index contributed by atoms with van der Waals surface area (Å²) >= 11 is 1.32. The molecular weight excluding hydrogens is 462 g/mol. The second kappa shape index (κ2) is 14.1. The number of urea groups is 1. The predicted octanol–water partition coefficient (Wildman–Crippen LogP) is 4.83. The SMILES string of the molecule is CCCCCCCCCCCCN1C(SCC(=O)Nc2ccccc2)=NC2C1C(=O)NC(=O)N2C. The first-order chi connectivity index (χ1) is 17.0. The van der Waals surface area contributed by atoms with Gasteiger partial charge in [0.15, 0.2) is 17.4 Å². The van der Waals surface area contributed by atoms with Crippen molar-refractivity contribution in [2.75, 3.05) is 24.7 Å². The standard InChI is InChI=1S/C26H39N5O3S/c1-3-4-5-6-7-8-9-10-11-15-18-31-22-23(30(2)25(34)29-24(22)33)28-26(31)35-19-21(32)27-20-16-13-12-14-17-20/h12-14,16-17,22-23H,3-11,15,18-19H2,1-2H3,(H,27,32)(H,29,33,34). The quantitative estimate of drug-likeness (QED) is 0.356. The Hall–Kier alpha value is -2.55. The lowest BCUT2D eigenvalue weighted by molar-refractivity contribution is -0.127. The summed E-state index contributed by atoms with van der Waals surface area (Å²) < 4.78 is 0.